The SMILES string of the molecule is Cc1cc(SOOO)c(O)cc1OS(=O)(=O)CCCl. The summed E-state index contributed by atoms with van der Waals surface area (Å²) in [6, 6.07) is 2.52. The van der Waals surface area contributed by atoms with E-state index in [2.05, 4.69) is 9.37 Å². The van der Waals surface area contributed by atoms with Crippen LogP contribution in [-0.2, 0) is 19.5 Å². The van der Waals surface area contributed by atoms with E-state index in [1.54, 1.807) is 6.92 Å². The highest BCUT2D eigenvalue weighted by atomic mass is 35.5. The molecule has 1 aromatic carbocycles. The van der Waals surface area contributed by atoms with Gasteiger partial charge in [-0.15, -0.1) is 15.9 Å². The first-order valence-corrected chi connectivity index (χ1v) is 7.71. The van der Waals surface area contributed by atoms with Crippen molar-refractivity contribution in [2.75, 3.05) is 11.6 Å². The number of phenols is 1. The number of hydrogen-bond donors (Lipinski definition) is 2. The molecule has 10 heteroatoms. The van der Waals surface area contributed by atoms with Crippen molar-refractivity contribution in [3.8, 4) is 11.5 Å². The van der Waals surface area contributed by atoms with Crippen LogP contribution in [0.15, 0.2) is 17.0 Å². The Bertz CT molecular complexity index is 532. The van der Waals surface area contributed by atoms with Crippen molar-refractivity contribution >= 4 is 33.8 Å². The van der Waals surface area contributed by atoms with Crippen LogP contribution in [0.5, 0.6) is 11.5 Å². The summed E-state index contributed by atoms with van der Waals surface area (Å²) >= 11 is 5.89. The Kier molecular flexibility index (Phi) is 6.17. The molecule has 0 aromatic heterocycles. The minimum atomic E-state index is -3.80. The van der Waals surface area contributed by atoms with Crippen molar-refractivity contribution < 1.29 is 32.3 Å². The molecule has 0 heterocycles. The van der Waals surface area contributed by atoms with Crippen molar-refractivity contribution in [3.05, 3.63) is 17.7 Å². The van der Waals surface area contributed by atoms with Crippen LogP contribution in [0.2, 0.25) is 0 Å². The van der Waals surface area contributed by atoms with Crippen LogP contribution < -0.4 is 4.18 Å². The first kappa shape index (κ1) is 16.3. The average Bonchev–Trinajstić information content (AvgIpc) is 2.31. The summed E-state index contributed by atoms with van der Waals surface area (Å²) in [4.78, 5) is 0.216. The summed E-state index contributed by atoms with van der Waals surface area (Å²) in [5.74, 6) is -0.740. The molecule has 108 valence electrons. The molecule has 0 spiro atoms. The highest BCUT2D eigenvalue weighted by molar-refractivity contribution is 7.94. The number of aryl methyl sites for hydroxylation is 1. The molecule has 0 saturated heterocycles. The Morgan fingerprint density at radius 3 is 2.68 bits per heavy atom. The summed E-state index contributed by atoms with van der Waals surface area (Å²) < 4.78 is 31.9. The lowest BCUT2D eigenvalue weighted by Gasteiger charge is -2.10. The van der Waals surface area contributed by atoms with Gasteiger partial charge in [-0.3, -0.25) is 0 Å². The van der Waals surface area contributed by atoms with Crippen LogP contribution in [0, 0.1) is 6.92 Å². The van der Waals surface area contributed by atoms with Crippen LogP contribution in [0.1, 0.15) is 5.56 Å². The lowest BCUT2D eigenvalue weighted by Crippen LogP contribution is -2.15. The molecule has 0 aliphatic heterocycles. The largest absolute Gasteiger partial charge is 0.507 e. The molecule has 0 aliphatic rings. The Morgan fingerprint density at radius 1 is 1.42 bits per heavy atom. The van der Waals surface area contributed by atoms with Crippen LogP contribution >= 0.6 is 23.6 Å². The van der Waals surface area contributed by atoms with E-state index in [1.807, 2.05) is 0 Å². The summed E-state index contributed by atoms with van der Waals surface area (Å²) in [6.07, 6.45) is 0. The van der Waals surface area contributed by atoms with E-state index < -0.39 is 10.1 Å². The van der Waals surface area contributed by atoms with Gasteiger partial charge in [0.15, 0.2) is 0 Å². The first-order chi connectivity index (χ1) is 8.89. The number of halogens is 1. The Balaban J connectivity index is 2.96. The molecule has 19 heavy (non-hydrogen) atoms. The summed E-state index contributed by atoms with van der Waals surface area (Å²) in [7, 11) is -3.80. The molecule has 0 unspecified atom stereocenters. The smallest absolute Gasteiger partial charge is 0.310 e. The fourth-order valence-corrected chi connectivity index (χ4v) is 2.90. The lowest BCUT2D eigenvalue weighted by atomic mass is 10.2. The number of hydrogen-bond acceptors (Lipinski definition) is 8. The van der Waals surface area contributed by atoms with Gasteiger partial charge >= 0.3 is 10.1 Å². The molecule has 0 saturated carbocycles. The maximum Gasteiger partial charge on any atom is 0.310 e. The van der Waals surface area contributed by atoms with Crippen LogP contribution in [0.25, 0.3) is 0 Å². The highest BCUT2D eigenvalue weighted by Gasteiger charge is 2.16. The number of aromatic hydroxyl groups is 1. The fourth-order valence-electron chi connectivity index (χ4n) is 1.13. The predicted molar refractivity (Wildman–Crippen MR) is 68.6 cm³/mol. The molecule has 0 fully saturated rings. The molecule has 1 rings (SSSR count). The number of phenolic OH excluding ortho intramolecular Hbond substituents is 1. The maximum absolute atomic E-state index is 11.4. The second-order valence-corrected chi connectivity index (χ2v) is 6.16. The van der Waals surface area contributed by atoms with Gasteiger partial charge < -0.3 is 9.29 Å². The van der Waals surface area contributed by atoms with E-state index in [9.17, 15) is 13.5 Å². The van der Waals surface area contributed by atoms with Gasteiger partial charge in [0.1, 0.15) is 11.5 Å². The van der Waals surface area contributed by atoms with Gasteiger partial charge in [-0.05, 0) is 18.6 Å². The van der Waals surface area contributed by atoms with Crippen molar-refractivity contribution in [3.63, 3.8) is 0 Å². The normalized spacial score (nSPS) is 11.5. The van der Waals surface area contributed by atoms with E-state index in [0.717, 1.165) is 6.07 Å². The fraction of sp³-hybridized carbons (Fsp3) is 0.333. The minimum Gasteiger partial charge on any atom is -0.507 e. The zero-order valence-corrected chi connectivity index (χ0v) is 12.1. The van der Waals surface area contributed by atoms with Crippen LogP contribution in [0.3, 0.4) is 0 Å². The Hall–Kier alpha value is -0.710. The summed E-state index contributed by atoms with van der Waals surface area (Å²) in [5.41, 5.74) is 0.444. The van der Waals surface area contributed by atoms with E-state index in [1.165, 1.54) is 6.07 Å². The zero-order valence-electron chi connectivity index (χ0n) is 9.70. The van der Waals surface area contributed by atoms with Crippen molar-refractivity contribution in [2.24, 2.45) is 0 Å². The third kappa shape index (κ3) is 5.05. The Labute approximate surface area is 119 Å². The molecule has 0 bridgehead atoms. The monoisotopic (exact) mass is 330 g/mol. The van der Waals surface area contributed by atoms with Crippen molar-refractivity contribution in [2.45, 2.75) is 11.8 Å². The van der Waals surface area contributed by atoms with Gasteiger partial charge in [-0.1, -0.05) is 5.04 Å². The molecule has 0 amide bonds. The molecule has 7 nitrogen and oxygen atoms in total. The standard InChI is InChI=1S/C9H11ClO7S2/c1-6-4-9(18-17-16-12)7(11)5-8(6)15-19(13,14)3-2-10/h4-5,11-12H,2-3H2,1H3. The second kappa shape index (κ2) is 7.17. The van der Waals surface area contributed by atoms with Gasteiger partial charge in [0.25, 0.3) is 0 Å². The highest BCUT2D eigenvalue weighted by Crippen LogP contribution is 2.35. The Morgan fingerprint density at radius 2 is 2.11 bits per heavy atom. The van der Waals surface area contributed by atoms with E-state index in [4.69, 9.17) is 21.0 Å². The summed E-state index contributed by atoms with van der Waals surface area (Å²) in [6.45, 7) is 1.58. The maximum atomic E-state index is 11.4. The van der Waals surface area contributed by atoms with E-state index in [-0.39, 0.29) is 28.0 Å². The van der Waals surface area contributed by atoms with Gasteiger partial charge in [-0.25, -0.2) is 5.26 Å². The third-order valence-electron chi connectivity index (χ3n) is 1.95. The minimum absolute atomic E-state index is 0.0168. The van der Waals surface area contributed by atoms with E-state index >= 15 is 0 Å². The molecular formula is C9H11ClO7S2. The number of alkyl halides is 1. The molecule has 0 radical (unpaired) electrons. The first-order valence-electron chi connectivity index (χ1n) is 4.86. The van der Waals surface area contributed by atoms with E-state index in [0.29, 0.717) is 17.6 Å². The summed E-state index contributed by atoms with van der Waals surface area (Å²) in [5, 5.41) is 21.0. The second-order valence-electron chi connectivity index (χ2n) is 3.35. The zero-order chi connectivity index (χ0) is 14.5. The van der Waals surface area contributed by atoms with Crippen molar-refractivity contribution in [1.29, 1.82) is 0 Å². The van der Waals surface area contributed by atoms with Crippen LogP contribution in [0.4, 0.5) is 0 Å². The van der Waals surface area contributed by atoms with Gasteiger partial charge in [0.2, 0.25) is 0 Å². The van der Waals surface area contributed by atoms with Crippen LogP contribution in [-0.4, -0.2) is 30.4 Å². The average molecular weight is 331 g/mol. The molecule has 1 aromatic rings. The molecule has 0 atom stereocenters. The number of benzene rings is 1. The molecule has 2 N–H and O–H groups in total. The lowest BCUT2D eigenvalue weighted by molar-refractivity contribution is -0.432. The number of rotatable bonds is 7. The van der Waals surface area contributed by atoms with Gasteiger partial charge in [0.05, 0.1) is 22.7 Å². The third-order valence-corrected chi connectivity index (χ3v) is 4.14. The predicted octanol–water partition coefficient (Wildman–Crippen LogP) is 2.08. The quantitative estimate of drug-likeness (QED) is 0.257. The van der Waals surface area contributed by atoms with Gasteiger partial charge in [0, 0.05) is 11.9 Å². The van der Waals surface area contributed by atoms with Gasteiger partial charge in [-0.2, -0.15) is 8.42 Å². The molecular weight excluding hydrogens is 320 g/mol. The molecule has 0 aliphatic carbocycles. The topological polar surface area (TPSA) is 102 Å². The van der Waals surface area contributed by atoms with Crippen molar-refractivity contribution in [1.82, 2.24) is 0 Å².